The van der Waals surface area contributed by atoms with Gasteiger partial charge < -0.3 is 10.1 Å². The highest BCUT2D eigenvalue weighted by molar-refractivity contribution is 5.37. The number of ether oxygens (including phenoxy) is 1. The van der Waals surface area contributed by atoms with Crippen molar-refractivity contribution < 1.29 is 13.5 Å². The third kappa shape index (κ3) is 3.67. The molecule has 1 aliphatic rings. The van der Waals surface area contributed by atoms with E-state index in [9.17, 15) is 8.78 Å². The van der Waals surface area contributed by atoms with E-state index in [2.05, 4.69) is 10.2 Å². The van der Waals surface area contributed by atoms with Crippen LogP contribution in [0.4, 0.5) is 8.78 Å². The van der Waals surface area contributed by atoms with Crippen molar-refractivity contribution in [1.82, 2.24) is 10.2 Å². The Balaban J connectivity index is 2.22. The summed E-state index contributed by atoms with van der Waals surface area (Å²) in [6.07, 6.45) is -2.41. The van der Waals surface area contributed by atoms with Crippen LogP contribution >= 0.6 is 0 Å². The number of methoxy groups -OCH3 is 1. The third-order valence-corrected chi connectivity index (χ3v) is 3.80. The van der Waals surface area contributed by atoms with Gasteiger partial charge in [-0.3, -0.25) is 4.90 Å². The Morgan fingerprint density at radius 3 is 2.55 bits per heavy atom. The molecule has 5 heteroatoms. The van der Waals surface area contributed by atoms with Crippen LogP contribution in [-0.4, -0.2) is 44.6 Å². The minimum Gasteiger partial charge on any atom is -0.496 e. The van der Waals surface area contributed by atoms with E-state index >= 15 is 0 Å². The molecule has 0 aromatic heterocycles. The highest BCUT2D eigenvalue weighted by atomic mass is 19.3. The third-order valence-electron chi connectivity index (χ3n) is 3.80. The maximum atomic E-state index is 12.9. The smallest absolute Gasteiger partial charge is 0.240 e. The van der Waals surface area contributed by atoms with Gasteiger partial charge in [0.25, 0.3) is 0 Å². The van der Waals surface area contributed by atoms with Gasteiger partial charge in [0.2, 0.25) is 6.43 Å². The highest BCUT2D eigenvalue weighted by Gasteiger charge is 2.25. The molecule has 1 fully saturated rings. The summed E-state index contributed by atoms with van der Waals surface area (Å²) in [7, 11) is 1.62. The molecule has 1 saturated heterocycles. The molecule has 1 N–H and O–H groups in total. The van der Waals surface area contributed by atoms with Crippen molar-refractivity contribution >= 4 is 0 Å². The fourth-order valence-electron chi connectivity index (χ4n) is 2.77. The minimum atomic E-state index is -2.29. The van der Waals surface area contributed by atoms with Gasteiger partial charge in [-0.2, -0.15) is 0 Å². The predicted molar refractivity (Wildman–Crippen MR) is 75.5 cm³/mol. The Labute approximate surface area is 118 Å². The Bertz CT molecular complexity index is 434. The first-order valence-corrected chi connectivity index (χ1v) is 6.99. The number of nitrogens with one attached hydrogen (secondary N) is 1. The number of rotatable bonds is 5. The molecule has 1 aliphatic heterocycles. The molecule has 2 rings (SSSR count). The number of benzene rings is 1. The van der Waals surface area contributed by atoms with Crippen molar-refractivity contribution in [1.29, 1.82) is 0 Å². The maximum Gasteiger partial charge on any atom is 0.240 e. The van der Waals surface area contributed by atoms with E-state index in [4.69, 9.17) is 4.74 Å². The van der Waals surface area contributed by atoms with Crippen molar-refractivity contribution in [3.8, 4) is 5.75 Å². The number of hydrogen-bond donors (Lipinski definition) is 1. The fourth-order valence-corrected chi connectivity index (χ4v) is 2.77. The van der Waals surface area contributed by atoms with Crippen LogP contribution in [0.25, 0.3) is 0 Å². The van der Waals surface area contributed by atoms with E-state index in [1.54, 1.807) is 7.11 Å². The van der Waals surface area contributed by atoms with Gasteiger partial charge in [0, 0.05) is 38.6 Å². The molecule has 0 amide bonds. The second kappa shape index (κ2) is 6.99. The van der Waals surface area contributed by atoms with Crippen molar-refractivity contribution in [3.63, 3.8) is 0 Å². The lowest BCUT2D eigenvalue weighted by Crippen LogP contribution is -2.45. The molecule has 20 heavy (non-hydrogen) atoms. The lowest BCUT2D eigenvalue weighted by atomic mass is 9.99. The number of hydrogen-bond acceptors (Lipinski definition) is 3. The van der Waals surface area contributed by atoms with E-state index in [1.807, 2.05) is 25.1 Å². The molecule has 0 unspecified atom stereocenters. The lowest BCUT2D eigenvalue weighted by molar-refractivity contribution is 0.0739. The van der Waals surface area contributed by atoms with Gasteiger partial charge in [0.1, 0.15) is 5.75 Å². The first-order valence-electron chi connectivity index (χ1n) is 6.99. The first-order chi connectivity index (χ1) is 9.61. The number of nitrogens with zero attached hydrogens (tertiary/aromatic N) is 1. The summed E-state index contributed by atoms with van der Waals surface area (Å²) >= 11 is 0. The van der Waals surface area contributed by atoms with Crippen LogP contribution in [0.15, 0.2) is 18.2 Å². The van der Waals surface area contributed by atoms with Crippen LogP contribution in [0.2, 0.25) is 0 Å². The Morgan fingerprint density at radius 1 is 1.30 bits per heavy atom. The first kappa shape index (κ1) is 15.2. The highest BCUT2D eigenvalue weighted by Crippen LogP contribution is 2.30. The molecule has 1 aromatic carbocycles. The molecule has 0 bridgehead atoms. The zero-order chi connectivity index (χ0) is 14.5. The van der Waals surface area contributed by atoms with Gasteiger partial charge in [-0.15, -0.1) is 0 Å². The molecular weight excluding hydrogens is 262 g/mol. The molecule has 0 saturated carbocycles. The monoisotopic (exact) mass is 284 g/mol. The van der Waals surface area contributed by atoms with E-state index < -0.39 is 6.43 Å². The summed E-state index contributed by atoms with van der Waals surface area (Å²) in [5.41, 5.74) is 1.94. The maximum absolute atomic E-state index is 12.9. The summed E-state index contributed by atoms with van der Waals surface area (Å²) < 4.78 is 31.0. The summed E-state index contributed by atoms with van der Waals surface area (Å²) in [5, 5.41) is 3.25. The second-order valence-electron chi connectivity index (χ2n) is 5.16. The zero-order valence-electron chi connectivity index (χ0n) is 12.0. The van der Waals surface area contributed by atoms with Crippen LogP contribution in [-0.2, 0) is 0 Å². The Hall–Kier alpha value is -1.20. The molecular formula is C15H22F2N2O. The average molecular weight is 284 g/mol. The van der Waals surface area contributed by atoms with Crippen molar-refractivity contribution in [3.05, 3.63) is 29.3 Å². The zero-order valence-corrected chi connectivity index (χ0v) is 12.0. The predicted octanol–water partition coefficient (Wildman–Crippen LogP) is 2.61. The van der Waals surface area contributed by atoms with Crippen LogP contribution in [0, 0.1) is 6.92 Å². The number of piperazine rings is 1. The Morgan fingerprint density at radius 2 is 2.00 bits per heavy atom. The van der Waals surface area contributed by atoms with Crippen LogP contribution < -0.4 is 10.1 Å². The standard InChI is InChI=1S/C15H22F2N2O/c1-11-9-12(3-4-14(11)20-2)13(10-15(16)17)19-7-5-18-6-8-19/h3-4,9,13,15,18H,5-8,10H2,1-2H3/t13-/m0/s1. The quantitative estimate of drug-likeness (QED) is 0.899. The summed E-state index contributed by atoms with van der Waals surface area (Å²) in [5.74, 6) is 0.796. The van der Waals surface area contributed by atoms with Crippen molar-refractivity contribution in [2.24, 2.45) is 0 Å². The van der Waals surface area contributed by atoms with Crippen LogP contribution in [0.1, 0.15) is 23.6 Å². The minimum absolute atomic E-state index is 0.119. The SMILES string of the molecule is COc1ccc([C@H](CC(F)F)N2CCNCC2)cc1C. The van der Waals surface area contributed by atoms with Crippen LogP contribution in [0.3, 0.4) is 0 Å². The second-order valence-corrected chi connectivity index (χ2v) is 5.16. The van der Waals surface area contributed by atoms with Crippen molar-refractivity contribution in [2.75, 3.05) is 33.3 Å². The summed E-state index contributed by atoms with van der Waals surface area (Å²) in [6.45, 7) is 5.27. The molecule has 0 spiro atoms. The molecule has 112 valence electrons. The normalized spacial score (nSPS) is 18.2. The Kier molecular flexibility index (Phi) is 5.31. The van der Waals surface area contributed by atoms with E-state index in [0.717, 1.165) is 43.1 Å². The van der Waals surface area contributed by atoms with E-state index in [0.29, 0.717) is 0 Å². The number of aryl methyl sites for hydroxylation is 1. The summed E-state index contributed by atoms with van der Waals surface area (Å²) in [4.78, 5) is 2.14. The van der Waals surface area contributed by atoms with E-state index in [-0.39, 0.29) is 12.5 Å². The largest absolute Gasteiger partial charge is 0.496 e. The van der Waals surface area contributed by atoms with Gasteiger partial charge in [-0.25, -0.2) is 8.78 Å². The van der Waals surface area contributed by atoms with Gasteiger partial charge in [-0.05, 0) is 24.1 Å². The van der Waals surface area contributed by atoms with Crippen LogP contribution in [0.5, 0.6) is 5.75 Å². The van der Waals surface area contributed by atoms with Gasteiger partial charge in [0.05, 0.1) is 7.11 Å². The van der Waals surface area contributed by atoms with Gasteiger partial charge in [0.15, 0.2) is 0 Å². The molecule has 1 atom stereocenters. The molecule has 0 radical (unpaired) electrons. The molecule has 3 nitrogen and oxygen atoms in total. The van der Waals surface area contributed by atoms with Gasteiger partial charge >= 0.3 is 0 Å². The van der Waals surface area contributed by atoms with E-state index in [1.165, 1.54) is 0 Å². The topological polar surface area (TPSA) is 24.5 Å². The molecule has 1 aromatic rings. The summed E-state index contributed by atoms with van der Waals surface area (Å²) in [6, 6.07) is 5.52. The molecule has 0 aliphatic carbocycles. The average Bonchev–Trinajstić information content (AvgIpc) is 2.45. The number of alkyl halides is 2. The number of halogens is 2. The fraction of sp³-hybridized carbons (Fsp3) is 0.600. The lowest BCUT2D eigenvalue weighted by Gasteiger charge is -2.35. The van der Waals surface area contributed by atoms with Crippen molar-refractivity contribution in [2.45, 2.75) is 25.8 Å². The molecule has 1 heterocycles. The van der Waals surface area contributed by atoms with Gasteiger partial charge in [-0.1, -0.05) is 12.1 Å².